The van der Waals surface area contributed by atoms with Gasteiger partial charge in [-0.2, -0.15) is 0 Å². The van der Waals surface area contributed by atoms with E-state index in [-0.39, 0.29) is 5.25 Å². The van der Waals surface area contributed by atoms with Gasteiger partial charge in [0.15, 0.2) is 0 Å². The van der Waals surface area contributed by atoms with Crippen molar-refractivity contribution >= 4 is 10.0 Å². The third kappa shape index (κ3) is 3.71. The lowest BCUT2D eigenvalue weighted by atomic mass is 10.1. The van der Waals surface area contributed by atoms with Gasteiger partial charge in [-0.25, -0.2) is 13.1 Å². The monoisotopic (exact) mass is 236 g/mol. The van der Waals surface area contributed by atoms with Crippen LogP contribution >= 0.6 is 0 Å². The quantitative estimate of drug-likeness (QED) is 0.687. The van der Waals surface area contributed by atoms with E-state index in [1.165, 1.54) is 0 Å². The molecule has 1 rings (SSSR count). The first-order chi connectivity index (χ1) is 6.87. The van der Waals surface area contributed by atoms with Crippen molar-refractivity contribution in [3.05, 3.63) is 0 Å². The van der Waals surface area contributed by atoms with Gasteiger partial charge in [0.1, 0.15) is 0 Å². The summed E-state index contributed by atoms with van der Waals surface area (Å²) in [5.41, 5.74) is -0.459. The van der Waals surface area contributed by atoms with Crippen LogP contribution in [0.25, 0.3) is 0 Å². The maximum atomic E-state index is 11.8. The van der Waals surface area contributed by atoms with E-state index in [0.29, 0.717) is 19.5 Å². The Kier molecular flexibility index (Phi) is 4.11. The minimum atomic E-state index is -3.20. The fourth-order valence-electron chi connectivity index (χ4n) is 1.36. The smallest absolute Gasteiger partial charge is 0.215 e. The number of rotatable bonds is 5. The fraction of sp³-hybridized carbons (Fsp3) is 1.00. The second kappa shape index (κ2) is 4.78. The molecule has 0 spiro atoms. The van der Waals surface area contributed by atoms with Crippen LogP contribution in [0.3, 0.4) is 0 Å². The molecule has 15 heavy (non-hydrogen) atoms. The van der Waals surface area contributed by atoms with E-state index in [1.54, 1.807) is 7.11 Å². The fourth-order valence-corrected chi connectivity index (χ4v) is 2.91. The summed E-state index contributed by atoms with van der Waals surface area (Å²) in [5, 5.41) is 2.74. The predicted octanol–water partition coefficient (Wildman–Crippen LogP) is -0.307. The van der Waals surface area contributed by atoms with Gasteiger partial charge >= 0.3 is 0 Å². The van der Waals surface area contributed by atoms with Gasteiger partial charge in [-0.1, -0.05) is 0 Å². The Hall–Kier alpha value is -0.170. The van der Waals surface area contributed by atoms with Crippen molar-refractivity contribution in [2.24, 2.45) is 0 Å². The van der Waals surface area contributed by atoms with Crippen LogP contribution < -0.4 is 10.0 Å². The molecular formula is C9H20N2O3S. The van der Waals surface area contributed by atoms with Crippen molar-refractivity contribution in [2.45, 2.75) is 31.1 Å². The minimum absolute atomic E-state index is 0.301. The van der Waals surface area contributed by atoms with Gasteiger partial charge in [-0.3, -0.25) is 0 Å². The molecule has 0 saturated carbocycles. The highest BCUT2D eigenvalue weighted by Crippen LogP contribution is 2.11. The first kappa shape index (κ1) is 12.9. The molecule has 0 aromatic heterocycles. The molecule has 1 fully saturated rings. The van der Waals surface area contributed by atoms with E-state index in [9.17, 15) is 8.42 Å². The van der Waals surface area contributed by atoms with E-state index in [4.69, 9.17) is 4.74 Å². The number of ether oxygens (including phenoxy) is 1. The van der Waals surface area contributed by atoms with Gasteiger partial charge in [0.05, 0.1) is 10.9 Å². The van der Waals surface area contributed by atoms with Gasteiger partial charge in [0, 0.05) is 20.2 Å². The maximum Gasteiger partial charge on any atom is 0.215 e. The molecule has 5 nitrogen and oxygen atoms in total. The Morgan fingerprint density at radius 2 is 2.20 bits per heavy atom. The Morgan fingerprint density at radius 1 is 1.53 bits per heavy atom. The zero-order valence-electron chi connectivity index (χ0n) is 9.54. The van der Waals surface area contributed by atoms with Crippen LogP contribution in [0.2, 0.25) is 0 Å². The average molecular weight is 236 g/mol. The van der Waals surface area contributed by atoms with E-state index >= 15 is 0 Å². The molecule has 1 heterocycles. The van der Waals surface area contributed by atoms with Gasteiger partial charge < -0.3 is 10.1 Å². The van der Waals surface area contributed by atoms with Crippen LogP contribution in [-0.4, -0.2) is 46.0 Å². The molecule has 1 saturated heterocycles. The van der Waals surface area contributed by atoms with Crippen molar-refractivity contribution in [1.82, 2.24) is 10.0 Å². The second-order valence-corrected chi connectivity index (χ2v) is 6.49. The molecule has 0 bridgehead atoms. The third-order valence-electron chi connectivity index (χ3n) is 2.71. The summed E-state index contributed by atoms with van der Waals surface area (Å²) >= 11 is 0. The summed E-state index contributed by atoms with van der Waals surface area (Å²) < 4.78 is 31.3. The van der Waals surface area contributed by atoms with Crippen molar-refractivity contribution < 1.29 is 13.2 Å². The molecule has 0 aromatic carbocycles. The average Bonchev–Trinajstić information content (AvgIpc) is 2.69. The first-order valence-electron chi connectivity index (χ1n) is 5.12. The van der Waals surface area contributed by atoms with Crippen LogP contribution in [0.15, 0.2) is 0 Å². The Morgan fingerprint density at radius 3 is 2.67 bits per heavy atom. The number of hydrogen-bond acceptors (Lipinski definition) is 4. The molecule has 0 aliphatic carbocycles. The Labute approximate surface area is 91.6 Å². The highest BCUT2D eigenvalue weighted by Gasteiger charge is 2.30. The summed E-state index contributed by atoms with van der Waals surface area (Å²) in [5.74, 6) is 0. The van der Waals surface area contributed by atoms with Gasteiger partial charge in [-0.05, 0) is 26.8 Å². The Balaban J connectivity index is 2.50. The Bertz CT molecular complexity index is 294. The molecule has 0 amide bonds. The van der Waals surface area contributed by atoms with Crippen molar-refractivity contribution in [2.75, 3.05) is 26.7 Å². The first-order valence-corrected chi connectivity index (χ1v) is 6.66. The lowest BCUT2D eigenvalue weighted by molar-refractivity contribution is 0.0276. The zero-order valence-corrected chi connectivity index (χ0v) is 10.4. The molecule has 0 radical (unpaired) electrons. The lowest BCUT2D eigenvalue weighted by Gasteiger charge is -2.24. The molecule has 1 aliphatic heterocycles. The van der Waals surface area contributed by atoms with E-state index < -0.39 is 15.6 Å². The van der Waals surface area contributed by atoms with Crippen molar-refractivity contribution in [1.29, 1.82) is 0 Å². The summed E-state index contributed by atoms with van der Waals surface area (Å²) in [6.07, 6.45) is 0.683. The zero-order chi connectivity index (χ0) is 11.5. The van der Waals surface area contributed by atoms with E-state index in [2.05, 4.69) is 10.0 Å². The molecule has 0 aromatic rings. The van der Waals surface area contributed by atoms with Gasteiger partial charge in [0.2, 0.25) is 10.0 Å². The van der Waals surface area contributed by atoms with Crippen molar-refractivity contribution in [3.8, 4) is 0 Å². The SMILES string of the molecule is COC(C)(C)CNS(=O)(=O)C1CCNC1. The van der Waals surface area contributed by atoms with Crippen LogP contribution in [0, 0.1) is 0 Å². The number of nitrogens with one attached hydrogen (secondary N) is 2. The van der Waals surface area contributed by atoms with Crippen LogP contribution in [-0.2, 0) is 14.8 Å². The highest BCUT2D eigenvalue weighted by molar-refractivity contribution is 7.90. The molecule has 1 unspecified atom stereocenters. The molecule has 6 heteroatoms. The van der Waals surface area contributed by atoms with E-state index in [1.807, 2.05) is 13.8 Å². The molecule has 90 valence electrons. The van der Waals surface area contributed by atoms with Crippen molar-refractivity contribution in [3.63, 3.8) is 0 Å². The van der Waals surface area contributed by atoms with Crippen LogP contribution in [0.4, 0.5) is 0 Å². The molecular weight excluding hydrogens is 216 g/mol. The normalized spacial score (nSPS) is 23.3. The van der Waals surface area contributed by atoms with Crippen LogP contribution in [0.1, 0.15) is 20.3 Å². The standard InChI is InChI=1S/C9H20N2O3S/c1-9(2,14-3)7-11-15(12,13)8-4-5-10-6-8/h8,10-11H,4-7H2,1-3H3. The maximum absolute atomic E-state index is 11.8. The third-order valence-corrected chi connectivity index (χ3v) is 4.53. The topological polar surface area (TPSA) is 67.4 Å². The predicted molar refractivity (Wildman–Crippen MR) is 59.3 cm³/mol. The number of methoxy groups -OCH3 is 1. The summed E-state index contributed by atoms with van der Waals surface area (Å²) in [6, 6.07) is 0. The minimum Gasteiger partial charge on any atom is -0.377 e. The largest absolute Gasteiger partial charge is 0.377 e. The summed E-state index contributed by atoms with van der Waals surface area (Å²) in [4.78, 5) is 0. The number of sulfonamides is 1. The lowest BCUT2D eigenvalue weighted by Crippen LogP contribution is -2.44. The molecule has 2 N–H and O–H groups in total. The van der Waals surface area contributed by atoms with E-state index in [0.717, 1.165) is 6.54 Å². The van der Waals surface area contributed by atoms with Gasteiger partial charge in [0.25, 0.3) is 0 Å². The molecule has 1 atom stereocenters. The summed E-state index contributed by atoms with van der Waals surface area (Å²) in [6.45, 7) is 5.33. The highest BCUT2D eigenvalue weighted by atomic mass is 32.2. The second-order valence-electron chi connectivity index (χ2n) is 4.44. The number of hydrogen-bond donors (Lipinski definition) is 2. The van der Waals surface area contributed by atoms with Crippen LogP contribution in [0.5, 0.6) is 0 Å². The summed E-state index contributed by atoms with van der Waals surface area (Å²) in [7, 11) is -1.62. The van der Waals surface area contributed by atoms with Gasteiger partial charge in [-0.15, -0.1) is 0 Å². The molecule has 1 aliphatic rings.